The number of nitrogens with zero attached hydrogens (tertiary/aromatic N) is 2. The Kier molecular flexibility index (Phi) is 5.13. The van der Waals surface area contributed by atoms with Gasteiger partial charge in [-0.2, -0.15) is 0 Å². The number of rotatable bonds is 3. The molecule has 2 atom stereocenters. The van der Waals surface area contributed by atoms with Crippen LogP contribution in [0.1, 0.15) is 19.3 Å². The van der Waals surface area contributed by atoms with Gasteiger partial charge in [0, 0.05) is 32.7 Å². The van der Waals surface area contributed by atoms with Crippen molar-refractivity contribution in [2.75, 3.05) is 39.3 Å². The zero-order valence-corrected chi connectivity index (χ0v) is 11.2. The third-order valence-electron chi connectivity index (χ3n) is 4.21. The summed E-state index contributed by atoms with van der Waals surface area (Å²) in [5.41, 5.74) is 0. The van der Waals surface area contributed by atoms with Crippen LogP contribution in [0.15, 0.2) is 0 Å². The number of aliphatic hydroxyl groups excluding tert-OH is 2. The Balaban J connectivity index is 1.72. The summed E-state index contributed by atoms with van der Waals surface area (Å²) in [4.78, 5) is 15.1. The average Bonchev–Trinajstić information content (AvgIpc) is 2.43. The highest BCUT2D eigenvalue weighted by atomic mass is 19.1. The molecule has 0 bridgehead atoms. The molecule has 2 aliphatic rings. The van der Waals surface area contributed by atoms with E-state index in [0.717, 1.165) is 25.9 Å². The van der Waals surface area contributed by atoms with Gasteiger partial charge >= 0.3 is 0 Å². The molecule has 2 N–H and O–H groups in total. The molecule has 0 aromatic heterocycles. The van der Waals surface area contributed by atoms with E-state index in [9.17, 15) is 14.3 Å². The number of amides is 1. The minimum atomic E-state index is -1.13. The van der Waals surface area contributed by atoms with E-state index in [1.807, 2.05) is 0 Å². The largest absolute Gasteiger partial charge is 0.390 e. The molecule has 2 heterocycles. The highest BCUT2D eigenvalue weighted by molar-refractivity contribution is 5.77. The molecular weight excluding hydrogens is 251 g/mol. The molecule has 0 aliphatic carbocycles. The van der Waals surface area contributed by atoms with Gasteiger partial charge in [0.25, 0.3) is 0 Å². The molecule has 19 heavy (non-hydrogen) atoms. The Labute approximate surface area is 113 Å². The Bertz CT molecular complexity index is 308. The molecule has 2 fully saturated rings. The molecule has 0 radical (unpaired) electrons. The lowest BCUT2D eigenvalue weighted by Crippen LogP contribution is -2.48. The van der Waals surface area contributed by atoms with Crippen molar-refractivity contribution < 1.29 is 19.4 Å². The van der Waals surface area contributed by atoms with E-state index in [4.69, 9.17) is 5.11 Å². The Morgan fingerprint density at radius 3 is 2.47 bits per heavy atom. The van der Waals surface area contributed by atoms with Crippen LogP contribution in [0.3, 0.4) is 0 Å². The summed E-state index contributed by atoms with van der Waals surface area (Å²) in [6, 6.07) is 0. The molecule has 2 saturated heterocycles. The van der Waals surface area contributed by atoms with Gasteiger partial charge in [-0.25, -0.2) is 4.39 Å². The molecule has 5 nitrogen and oxygen atoms in total. The Morgan fingerprint density at radius 1 is 1.21 bits per heavy atom. The number of halogens is 1. The van der Waals surface area contributed by atoms with Crippen LogP contribution in [-0.4, -0.2) is 77.5 Å². The number of alkyl halides is 1. The quantitative estimate of drug-likeness (QED) is 0.736. The van der Waals surface area contributed by atoms with E-state index in [-0.39, 0.29) is 5.91 Å². The monoisotopic (exact) mass is 274 g/mol. The summed E-state index contributed by atoms with van der Waals surface area (Å²) in [5, 5.41) is 18.2. The van der Waals surface area contributed by atoms with Gasteiger partial charge in [-0.05, 0) is 25.2 Å². The van der Waals surface area contributed by atoms with Gasteiger partial charge in [-0.3, -0.25) is 9.69 Å². The fourth-order valence-corrected chi connectivity index (χ4v) is 2.95. The van der Waals surface area contributed by atoms with Gasteiger partial charge in [-0.1, -0.05) is 0 Å². The molecule has 0 spiro atoms. The molecule has 1 amide bonds. The number of aliphatic hydroxyl groups is 2. The van der Waals surface area contributed by atoms with Crippen LogP contribution in [-0.2, 0) is 4.79 Å². The first-order valence-electron chi connectivity index (χ1n) is 7.03. The lowest BCUT2D eigenvalue weighted by Gasteiger charge is -2.37. The molecule has 0 aromatic rings. The van der Waals surface area contributed by atoms with E-state index in [2.05, 4.69) is 4.90 Å². The molecule has 110 valence electrons. The van der Waals surface area contributed by atoms with Crippen molar-refractivity contribution in [1.82, 2.24) is 9.80 Å². The van der Waals surface area contributed by atoms with E-state index in [0.29, 0.717) is 32.0 Å². The smallest absolute Gasteiger partial charge is 0.248 e. The van der Waals surface area contributed by atoms with Crippen molar-refractivity contribution in [2.45, 2.75) is 31.5 Å². The van der Waals surface area contributed by atoms with Crippen LogP contribution < -0.4 is 0 Å². The first kappa shape index (κ1) is 14.7. The maximum atomic E-state index is 13.4. The summed E-state index contributed by atoms with van der Waals surface area (Å²) in [5.74, 6) is 0.272. The highest BCUT2D eigenvalue weighted by Crippen LogP contribution is 2.21. The van der Waals surface area contributed by atoms with Crippen LogP contribution in [0.2, 0.25) is 0 Å². The normalized spacial score (nSPS) is 30.6. The fourth-order valence-electron chi connectivity index (χ4n) is 2.95. The van der Waals surface area contributed by atoms with Crippen molar-refractivity contribution in [3.8, 4) is 0 Å². The van der Waals surface area contributed by atoms with Gasteiger partial charge in [0.1, 0.15) is 12.8 Å². The molecular formula is C13H23FN2O3. The topological polar surface area (TPSA) is 64.0 Å². The van der Waals surface area contributed by atoms with Gasteiger partial charge in [0.05, 0.1) is 6.10 Å². The molecule has 0 aromatic carbocycles. The number of carbonyl (C=O) groups excluding carboxylic acids is 1. The SMILES string of the molecule is O=C(CO)N1CCC(CN2CCC(O)C(F)C2)CC1. The molecule has 2 unspecified atom stereocenters. The van der Waals surface area contributed by atoms with Crippen LogP contribution >= 0.6 is 0 Å². The molecule has 6 heteroatoms. The maximum absolute atomic E-state index is 13.4. The van der Waals surface area contributed by atoms with Crippen LogP contribution in [0, 0.1) is 5.92 Å². The van der Waals surface area contributed by atoms with Gasteiger partial charge in [0.2, 0.25) is 5.91 Å². The van der Waals surface area contributed by atoms with Crippen molar-refractivity contribution in [2.24, 2.45) is 5.92 Å². The highest BCUT2D eigenvalue weighted by Gasteiger charge is 2.30. The number of hydrogen-bond donors (Lipinski definition) is 2. The van der Waals surface area contributed by atoms with Gasteiger partial charge < -0.3 is 15.1 Å². The lowest BCUT2D eigenvalue weighted by atomic mass is 9.94. The predicted molar refractivity (Wildman–Crippen MR) is 68.3 cm³/mol. The standard InChI is InChI=1S/C13H23FN2O3/c14-11-8-15(4-3-12(11)18)7-10-1-5-16(6-2-10)13(19)9-17/h10-12,17-18H,1-9H2. The molecule has 0 saturated carbocycles. The Hall–Kier alpha value is -0.720. The Morgan fingerprint density at radius 2 is 1.89 bits per heavy atom. The zero-order valence-electron chi connectivity index (χ0n) is 11.2. The number of carbonyl (C=O) groups is 1. The third kappa shape index (κ3) is 3.87. The first-order valence-corrected chi connectivity index (χ1v) is 7.03. The summed E-state index contributed by atoms with van der Waals surface area (Å²) in [6.07, 6.45) is 0.372. The van der Waals surface area contributed by atoms with Crippen molar-refractivity contribution in [3.63, 3.8) is 0 Å². The van der Waals surface area contributed by atoms with Crippen molar-refractivity contribution in [3.05, 3.63) is 0 Å². The van der Waals surface area contributed by atoms with E-state index < -0.39 is 18.9 Å². The minimum Gasteiger partial charge on any atom is -0.390 e. The number of hydrogen-bond acceptors (Lipinski definition) is 4. The second-order valence-corrected chi connectivity index (χ2v) is 5.61. The third-order valence-corrected chi connectivity index (χ3v) is 4.21. The van der Waals surface area contributed by atoms with Crippen LogP contribution in [0.5, 0.6) is 0 Å². The van der Waals surface area contributed by atoms with Crippen LogP contribution in [0.4, 0.5) is 4.39 Å². The number of likely N-dealkylation sites (tertiary alicyclic amines) is 2. The summed E-state index contributed by atoms with van der Waals surface area (Å²) >= 11 is 0. The van der Waals surface area contributed by atoms with Gasteiger partial charge in [0.15, 0.2) is 0 Å². The van der Waals surface area contributed by atoms with Crippen LogP contribution in [0.25, 0.3) is 0 Å². The van der Waals surface area contributed by atoms with E-state index >= 15 is 0 Å². The summed E-state index contributed by atoms with van der Waals surface area (Å²) < 4.78 is 13.4. The summed E-state index contributed by atoms with van der Waals surface area (Å²) in [6.45, 7) is 2.85. The van der Waals surface area contributed by atoms with Crippen molar-refractivity contribution in [1.29, 1.82) is 0 Å². The second kappa shape index (κ2) is 6.63. The predicted octanol–water partition coefficient (Wildman–Crippen LogP) is -0.378. The summed E-state index contributed by atoms with van der Waals surface area (Å²) in [7, 11) is 0. The van der Waals surface area contributed by atoms with Crippen molar-refractivity contribution >= 4 is 5.91 Å². The average molecular weight is 274 g/mol. The molecule has 2 aliphatic heterocycles. The zero-order chi connectivity index (χ0) is 13.8. The van der Waals surface area contributed by atoms with Gasteiger partial charge in [-0.15, -0.1) is 0 Å². The second-order valence-electron chi connectivity index (χ2n) is 5.61. The minimum absolute atomic E-state index is 0.205. The maximum Gasteiger partial charge on any atom is 0.248 e. The van der Waals surface area contributed by atoms with E-state index in [1.54, 1.807) is 4.90 Å². The first-order chi connectivity index (χ1) is 9.10. The number of piperidine rings is 2. The fraction of sp³-hybridized carbons (Fsp3) is 0.923. The molecule has 2 rings (SSSR count). The van der Waals surface area contributed by atoms with E-state index in [1.165, 1.54) is 0 Å². The lowest BCUT2D eigenvalue weighted by molar-refractivity contribution is -0.135.